The number of aliphatic hydroxyl groups is 1. The summed E-state index contributed by atoms with van der Waals surface area (Å²) in [7, 11) is 0. The molecule has 0 amide bonds. The summed E-state index contributed by atoms with van der Waals surface area (Å²) in [6.45, 7) is 11.1. The molecule has 0 spiro atoms. The van der Waals surface area contributed by atoms with E-state index in [9.17, 15) is 5.11 Å². The summed E-state index contributed by atoms with van der Waals surface area (Å²) in [4.78, 5) is 2.48. The van der Waals surface area contributed by atoms with E-state index in [-0.39, 0.29) is 12.0 Å². The average molecular weight is 303 g/mol. The number of aliphatic hydroxyl groups excluding tert-OH is 1. The van der Waals surface area contributed by atoms with Crippen LogP contribution in [0.3, 0.4) is 0 Å². The van der Waals surface area contributed by atoms with Gasteiger partial charge in [-0.25, -0.2) is 0 Å². The maximum absolute atomic E-state index is 9.41. The molecule has 0 bridgehead atoms. The normalized spacial score (nSPS) is 23.0. The second kappa shape index (κ2) is 7.61. The van der Waals surface area contributed by atoms with Crippen LogP contribution in [0.15, 0.2) is 24.3 Å². The Morgan fingerprint density at radius 1 is 1.05 bits per heavy atom. The quantitative estimate of drug-likeness (QED) is 0.874. The number of benzene rings is 1. The van der Waals surface area contributed by atoms with Crippen molar-refractivity contribution in [2.75, 3.05) is 13.2 Å². The molecule has 0 atom stereocenters. The lowest BCUT2D eigenvalue weighted by molar-refractivity contribution is 0.106. The zero-order valence-corrected chi connectivity index (χ0v) is 14.8. The maximum atomic E-state index is 9.41. The number of nitrogens with zero attached hydrogens (tertiary/aromatic N) is 1. The van der Waals surface area contributed by atoms with Gasteiger partial charge < -0.3 is 5.11 Å². The van der Waals surface area contributed by atoms with Crippen molar-refractivity contribution in [2.45, 2.75) is 71.4 Å². The van der Waals surface area contributed by atoms with Crippen molar-refractivity contribution in [3.8, 4) is 0 Å². The Morgan fingerprint density at radius 2 is 1.64 bits per heavy atom. The third-order valence-corrected chi connectivity index (χ3v) is 5.09. The van der Waals surface area contributed by atoms with E-state index < -0.39 is 0 Å². The van der Waals surface area contributed by atoms with Gasteiger partial charge in [0.25, 0.3) is 0 Å². The molecule has 2 rings (SSSR count). The van der Waals surface area contributed by atoms with Crippen LogP contribution in [0.25, 0.3) is 0 Å². The molecule has 1 aliphatic rings. The third kappa shape index (κ3) is 4.82. The van der Waals surface area contributed by atoms with Gasteiger partial charge in [-0.15, -0.1) is 0 Å². The molecular weight excluding hydrogens is 270 g/mol. The Labute approximate surface area is 136 Å². The van der Waals surface area contributed by atoms with E-state index in [1.54, 1.807) is 0 Å². The summed E-state index contributed by atoms with van der Waals surface area (Å²) in [6.07, 6.45) is 5.22. The van der Waals surface area contributed by atoms with Crippen molar-refractivity contribution in [1.29, 1.82) is 0 Å². The highest BCUT2D eigenvalue weighted by Gasteiger charge is 2.24. The van der Waals surface area contributed by atoms with E-state index in [0.717, 1.165) is 19.0 Å². The Hall–Kier alpha value is -0.860. The topological polar surface area (TPSA) is 23.5 Å². The van der Waals surface area contributed by atoms with Crippen molar-refractivity contribution >= 4 is 0 Å². The molecule has 124 valence electrons. The minimum atomic E-state index is 0.211. The molecule has 0 heterocycles. The SMILES string of the molecule is CC1CCC(N(CCO)Cc2ccc(C(C)(C)C)cc2)CC1. The smallest absolute Gasteiger partial charge is 0.0558 e. The molecule has 1 aromatic carbocycles. The highest BCUT2D eigenvalue weighted by Crippen LogP contribution is 2.28. The number of rotatable bonds is 5. The first-order chi connectivity index (χ1) is 10.4. The van der Waals surface area contributed by atoms with Crippen LogP contribution in [0, 0.1) is 5.92 Å². The summed E-state index contributed by atoms with van der Waals surface area (Å²) in [5.74, 6) is 0.873. The van der Waals surface area contributed by atoms with Crippen molar-refractivity contribution in [1.82, 2.24) is 4.90 Å². The fourth-order valence-electron chi connectivity index (χ4n) is 3.47. The van der Waals surface area contributed by atoms with E-state index >= 15 is 0 Å². The van der Waals surface area contributed by atoms with Crippen molar-refractivity contribution in [2.24, 2.45) is 5.92 Å². The molecule has 1 N–H and O–H groups in total. The Morgan fingerprint density at radius 3 is 2.14 bits per heavy atom. The lowest BCUT2D eigenvalue weighted by atomic mass is 9.86. The summed E-state index contributed by atoms with van der Waals surface area (Å²) in [6, 6.07) is 9.68. The van der Waals surface area contributed by atoms with E-state index in [2.05, 4.69) is 56.9 Å². The van der Waals surface area contributed by atoms with Crippen LogP contribution in [-0.2, 0) is 12.0 Å². The lowest BCUT2D eigenvalue weighted by Gasteiger charge is -2.36. The predicted molar refractivity (Wildman–Crippen MR) is 94.1 cm³/mol. The highest BCUT2D eigenvalue weighted by atomic mass is 16.3. The molecule has 1 aliphatic carbocycles. The Kier molecular flexibility index (Phi) is 6.05. The minimum absolute atomic E-state index is 0.211. The molecule has 0 saturated heterocycles. The van der Waals surface area contributed by atoms with Gasteiger partial charge in [0.2, 0.25) is 0 Å². The molecule has 1 saturated carbocycles. The van der Waals surface area contributed by atoms with Crippen molar-refractivity contribution < 1.29 is 5.11 Å². The van der Waals surface area contributed by atoms with Gasteiger partial charge in [0.1, 0.15) is 0 Å². The fraction of sp³-hybridized carbons (Fsp3) is 0.700. The van der Waals surface area contributed by atoms with Gasteiger partial charge in [0, 0.05) is 19.1 Å². The van der Waals surface area contributed by atoms with Crippen LogP contribution in [0.4, 0.5) is 0 Å². The van der Waals surface area contributed by atoms with Gasteiger partial charge in [-0.3, -0.25) is 4.90 Å². The second-order valence-corrected chi connectivity index (χ2v) is 8.05. The summed E-state index contributed by atoms with van der Waals surface area (Å²) >= 11 is 0. The molecular formula is C20H33NO. The standard InChI is InChI=1S/C20H33NO/c1-16-5-11-19(12-6-16)21(13-14-22)15-17-7-9-18(10-8-17)20(2,3)4/h7-10,16,19,22H,5-6,11-15H2,1-4H3. The molecule has 1 fully saturated rings. The first kappa shape index (κ1) is 17.5. The van der Waals surface area contributed by atoms with Gasteiger partial charge in [0.15, 0.2) is 0 Å². The zero-order valence-electron chi connectivity index (χ0n) is 14.8. The summed E-state index contributed by atoms with van der Waals surface area (Å²) < 4.78 is 0. The number of hydrogen-bond donors (Lipinski definition) is 1. The fourth-order valence-corrected chi connectivity index (χ4v) is 3.47. The van der Waals surface area contributed by atoms with Gasteiger partial charge in [-0.05, 0) is 48.1 Å². The zero-order chi connectivity index (χ0) is 16.2. The van der Waals surface area contributed by atoms with Gasteiger partial charge in [-0.1, -0.05) is 52.0 Å². The van der Waals surface area contributed by atoms with Gasteiger partial charge >= 0.3 is 0 Å². The van der Waals surface area contributed by atoms with E-state index in [1.807, 2.05) is 0 Å². The monoisotopic (exact) mass is 303 g/mol. The Balaban J connectivity index is 2.01. The molecule has 22 heavy (non-hydrogen) atoms. The van der Waals surface area contributed by atoms with Crippen molar-refractivity contribution in [3.63, 3.8) is 0 Å². The maximum Gasteiger partial charge on any atom is 0.0558 e. The predicted octanol–water partition coefficient (Wildman–Crippen LogP) is 4.36. The first-order valence-electron chi connectivity index (χ1n) is 8.84. The second-order valence-electron chi connectivity index (χ2n) is 8.05. The highest BCUT2D eigenvalue weighted by molar-refractivity contribution is 5.27. The molecule has 2 nitrogen and oxygen atoms in total. The summed E-state index contributed by atoms with van der Waals surface area (Å²) in [5.41, 5.74) is 2.96. The minimum Gasteiger partial charge on any atom is -0.395 e. The van der Waals surface area contributed by atoms with Gasteiger partial charge in [0.05, 0.1) is 6.61 Å². The van der Waals surface area contributed by atoms with E-state index in [0.29, 0.717) is 6.04 Å². The average Bonchev–Trinajstić information content (AvgIpc) is 2.47. The molecule has 0 aromatic heterocycles. The largest absolute Gasteiger partial charge is 0.395 e. The van der Waals surface area contributed by atoms with Crippen LogP contribution in [0.1, 0.15) is 64.5 Å². The number of hydrogen-bond acceptors (Lipinski definition) is 2. The first-order valence-corrected chi connectivity index (χ1v) is 8.84. The van der Waals surface area contributed by atoms with E-state index in [4.69, 9.17) is 0 Å². The van der Waals surface area contributed by atoms with Crippen molar-refractivity contribution in [3.05, 3.63) is 35.4 Å². The van der Waals surface area contributed by atoms with Crippen LogP contribution < -0.4 is 0 Å². The molecule has 0 aliphatic heterocycles. The molecule has 1 aromatic rings. The Bertz CT molecular complexity index is 438. The van der Waals surface area contributed by atoms with Crippen LogP contribution in [-0.4, -0.2) is 29.2 Å². The van der Waals surface area contributed by atoms with E-state index in [1.165, 1.54) is 36.8 Å². The van der Waals surface area contributed by atoms with Crippen LogP contribution >= 0.6 is 0 Å². The lowest BCUT2D eigenvalue weighted by Crippen LogP contribution is -2.39. The summed E-state index contributed by atoms with van der Waals surface area (Å²) in [5, 5.41) is 9.41. The van der Waals surface area contributed by atoms with Gasteiger partial charge in [-0.2, -0.15) is 0 Å². The third-order valence-electron chi connectivity index (χ3n) is 5.09. The van der Waals surface area contributed by atoms with Crippen LogP contribution in [0.2, 0.25) is 0 Å². The molecule has 2 heteroatoms. The molecule has 0 unspecified atom stereocenters. The molecule has 0 radical (unpaired) electrons. The van der Waals surface area contributed by atoms with Crippen LogP contribution in [0.5, 0.6) is 0 Å².